The minimum absolute atomic E-state index is 0. The van der Waals surface area contributed by atoms with E-state index in [0.29, 0.717) is 19.1 Å². The van der Waals surface area contributed by atoms with Gasteiger partial charge in [-0.1, -0.05) is 43.3 Å². The van der Waals surface area contributed by atoms with Gasteiger partial charge in [0.1, 0.15) is 5.65 Å². The molecule has 0 spiro atoms. The molecule has 0 aliphatic heterocycles. The van der Waals surface area contributed by atoms with Crippen molar-refractivity contribution in [1.29, 1.82) is 0 Å². The maximum atomic E-state index is 5.81. The highest BCUT2D eigenvalue weighted by Crippen LogP contribution is 2.10. The van der Waals surface area contributed by atoms with E-state index in [1.807, 2.05) is 30.5 Å². The Balaban J connectivity index is 0.00000320. The van der Waals surface area contributed by atoms with Gasteiger partial charge in [-0.25, -0.2) is 4.98 Å². The highest BCUT2D eigenvalue weighted by atomic mass is 127. The summed E-state index contributed by atoms with van der Waals surface area (Å²) in [4.78, 5) is 9.02. The molecule has 0 saturated heterocycles. The fourth-order valence-corrected chi connectivity index (χ4v) is 3.14. The number of fused-ring (bicyclic) bond motifs is 1. The first kappa shape index (κ1) is 24.1. The number of guanidine groups is 1. The number of rotatable bonds is 9. The summed E-state index contributed by atoms with van der Waals surface area (Å²) in [5.41, 5.74) is 4.49. The third-order valence-corrected chi connectivity index (χ3v) is 4.76. The Kier molecular flexibility index (Phi) is 10.1. The lowest BCUT2D eigenvalue weighted by Gasteiger charge is -2.16. The van der Waals surface area contributed by atoms with E-state index in [1.54, 1.807) is 7.05 Å². The number of aliphatic imine (C=N–C) groups is 1. The summed E-state index contributed by atoms with van der Waals surface area (Å²) in [6, 6.07) is 14.4. The second-order valence-corrected chi connectivity index (χ2v) is 7.39. The Bertz CT molecular complexity index is 926. The molecule has 2 heterocycles. The fraction of sp³-hybridized carbons (Fsp3) is 0.391. The molecule has 3 rings (SSSR count). The van der Waals surface area contributed by atoms with Crippen molar-refractivity contribution in [2.24, 2.45) is 10.9 Å². The number of imidazole rings is 1. The van der Waals surface area contributed by atoms with Crippen molar-refractivity contribution in [2.45, 2.75) is 26.9 Å². The molecule has 0 amide bonds. The van der Waals surface area contributed by atoms with Crippen molar-refractivity contribution in [3.63, 3.8) is 0 Å². The summed E-state index contributed by atoms with van der Waals surface area (Å²) < 4.78 is 7.89. The van der Waals surface area contributed by atoms with Gasteiger partial charge in [0.2, 0.25) is 0 Å². The topological polar surface area (TPSA) is 63.0 Å². The predicted octanol–water partition coefficient (Wildman–Crippen LogP) is 3.82. The Hall–Kier alpha value is -2.13. The van der Waals surface area contributed by atoms with E-state index in [0.717, 1.165) is 36.8 Å². The first-order valence-corrected chi connectivity index (χ1v) is 10.1. The molecule has 7 heteroatoms. The van der Waals surface area contributed by atoms with Gasteiger partial charge >= 0.3 is 0 Å². The van der Waals surface area contributed by atoms with Crippen LogP contribution < -0.4 is 10.6 Å². The number of pyridine rings is 1. The standard InChI is InChI=1S/C23H31N5O.HI/c1-18(16-29-17-20-9-5-4-6-10-20)14-26-23(24-3)25-12-11-21-15-28-13-7-8-19(2)22(28)27-21;/h4-10,13,15,18H,11-12,14,16-17H2,1-3H3,(H2,24,25,26);1H. The molecule has 1 atom stereocenters. The molecule has 3 aromatic rings. The van der Waals surface area contributed by atoms with Crippen LogP contribution in [0.3, 0.4) is 0 Å². The summed E-state index contributed by atoms with van der Waals surface area (Å²) in [6.45, 7) is 7.20. The molecule has 2 aromatic heterocycles. The second kappa shape index (κ2) is 12.5. The molecular formula is C23H32IN5O. The first-order chi connectivity index (χ1) is 14.2. The molecule has 1 aromatic carbocycles. The van der Waals surface area contributed by atoms with Gasteiger partial charge in [0.15, 0.2) is 5.96 Å². The molecule has 0 radical (unpaired) electrons. The number of ether oxygens (including phenoxy) is 1. The van der Waals surface area contributed by atoms with Crippen molar-refractivity contribution in [1.82, 2.24) is 20.0 Å². The number of hydrogen-bond donors (Lipinski definition) is 2. The minimum Gasteiger partial charge on any atom is -0.376 e. The van der Waals surface area contributed by atoms with Crippen molar-refractivity contribution >= 4 is 35.6 Å². The van der Waals surface area contributed by atoms with Gasteiger partial charge in [0.25, 0.3) is 0 Å². The zero-order chi connectivity index (χ0) is 20.5. The van der Waals surface area contributed by atoms with Crippen molar-refractivity contribution in [3.05, 3.63) is 71.7 Å². The van der Waals surface area contributed by atoms with Crippen LogP contribution in [0.2, 0.25) is 0 Å². The SMILES string of the molecule is CN=C(NCCc1cn2cccc(C)c2n1)NCC(C)COCc1ccccc1.I. The number of benzene rings is 1. The Morgan fingerprint density at radius 1 is 1.17 bits per heavy atom. The van der Waals surface area contributed by atoms with Gasteiger partial charge in [-0.2, -0.15) is 0 Å². The molecule has 0 bridgehead atoms. The van der Waals surface area contributed by atoms with Crippen LogP contribution in [0.25, 0.3) is 5.65 Å². The number of aryl methyl sites for hydroxylation is 1. The van der Waals surface area contributed by atoms with Gasteiger partial charge in [-0.05, 0) is 30.0 Å². The normalized spacial score (nSPS) is 12.4. The lowest BCUT2D eigenvalue weighted by atomic mass is 10.2. The number of aromatic nitrogens is 2. The molecule has 2 N–H and O–H groups in total. The highest BCUT2D eigenvalue weighted by molar-refractivity contribution is 14.0. The molecule has 1 unspecified atom stereocenters. The van der Waals surface area contributed by atoms with Gasteiger partial charge in [-0.15, -0.1) is 24.0 Å². The average Bonchev–Trinajstić information content (AvgIpc) is 3.16. The molecule has 6 nitrogen and oxygen atoms in total. The van der Waals surface area contributed by atoms with E-state index in [1.165, 1.54) is 11.1 Å². The quantitative estimate of drug-likeness (QED) is 0.256. The summed E-state index contributed by atoms with van der Waals surface area (Å²) in [7, 11) is 1.79. The third-order valence-electron chi connectivity index (χ3n) is 4.76. The van der Waals surface area contributed by atoms with Crippen molar-refractivity contribution in [3.8, 4) is 0 Å². The third kappa shape index (κ3) is 7.28. The van der Waals surface area contributed by atoms with Crippen LogP contribution in [0.4, 0.5) is 0 Å². The Labute approximate surface area is 196 Å². The van der Waals surface area contributed by atoms with Gasteiger partial charge in [-0.3, -0.25) is 4.99 Å². The largest absolute Gasteiger partial charge is 0.376 e. The zero-order valence-electron chi connectivity index (χ0n) is 18.0. The molecule has 0 saturated carbocycles. The van der Waals surface area contributed by atoms with Crippen LogP contribution in [-0.4, -0.2) is 42.1 Å². The maximum Gasteiger partial charge on any atom is 0.190 e. The van der Waals surface area contributed by atoms with Crippen LogP contribution in [0.15, 0.2) is 59.9 Å². The van der Waals surface area contributed by atoms with Crippen LogP contribution >= 0.6 is 24.0 Å². The number of hydrogen-bond acceptors (Lipinski definition) is 3. The van der Waals surface area contributed by atoms with Crippen LogP contribution in [0.1, 0.15) is 23.7 Å². The van der Waals surface area contributed by atoms with Crippen molar-refractivity contribution in [2.75, 3.05) is 26.7 Å². The van der Waals surface area contributed by atoms with E-state index < -0.39 is 0 Å². The van der Waals surface area contributed by atoms with E-state index >= 15 is 0 Å². The number of nitrogens with one attached hydrogen (secondary N) is 2. The summed E-state index contributed by atoms with van der Waals surface area (Å²) in [5, 5.41) is 6.74. The first-order valence-electron chi connectivity index (χ1n) is 10.1. The van der Waals surface area contributed by atoms with E-state index in [2.05, 4.69) is 58.3 Å². The summed E-state index contributed by atoms with van der Waals surface area (Å²) >= 11 is 0. The minimum atomic E-state index is 0. The Morgan fingerprint density at radius 3 is 2.70 bits per heavy atom. The monoisotopic (exact) mass is 521 g/mol. The highest BCUT2D eigenvalue weighted by Gasteiger charge is 2.06. The van der Waals surface area contributed by atoms with Gasteiger partial charge < -0.3 is 19.8 Å². The van der Waals surface area contributed by atoms with E-state index in [9.17, 15) is 0 Å². The summed E-state index contributed by atoms with van der Waals surface area (Å²) in [6.07, 6.45) is 4.97. The van der Waals surface area contributed by atoms with Gasteiger partial charge in [0.05, 0.1) is 18.9 Å². The van der Waals surface area contributed by atoms with E-state index in [4.69, 9.17) is 9.72 Å². The van der Waals surface area contributed by atoms with Crippen molar-refractivity contribution < 1.29 is 4.74 Å². The number of nitrogens with zero attached hydrogens (tertiary/aromatic N) is 3. The molecule has 0 aliphatic carbocycles. The van der Waals surface area contributed by atoms with Gasteiger partial charge in [0, 0.05) is 39.0 Å². The lowest BCUT2D eigenvalue weighted by molar-refractivity contribution is 0.0931. The fourth-order valence-electron chi connectivity index (χ4n) is 3.14. The molecular weight excluding hydrogens is 489 g/mol. The molecule has 0 aliphatic rings. The van der Waals surface area contributed by atoms with Crippen LogP contribution in [0, 0.1) is 12.8 Å². The predicted molar refractivity (Wildman–Crippen MR) is 134 cm³/mol. The second-order valence-electron chi connectivity index (χ2n) is 7.39. The van der Waals surface area contributed by atoms with Crippen LogP contribution in [-0.2, 0) is 17.8 Å². The molecule has 162 valence electrons. The van der Waals surface area contributed by atoms with E-state index in [-0.39, 0.29) is 24.0 Å². The maximum absolute atomic E-state index is 5.81. The molecule has 0 fully saturated rings. The molecule has 30 heavy (non-hydrogen) atoms. The smallest absolute Gasteiger partial charge is 0.190 e. The van der Waals surface area contributed by atoms with Crippen LogP contribution in [0.5, 0.6) is 0 Å². The summed E-state index contributed by atoms with van der Waals surface area (Å²) in [5.74, 6) is 1.19. The average molecular weight is 521 g/mol. The Morgan fingerprint density at radius 2 is 1.97 bits per heavy atom. The number of halogens is 1. The lowest BCUT2D eigenvalue weighted by Crippen LogP contribution is -2.40. The zero-order valence-corrected chi connectivity index (χ0v) is 20.3.